The molecule has 0 radical (unpaired) electrons. The summed E-state index contributed by atoms with van der Waals surface area (Å²) in [7, 11) is 0. The Hall–Kier alpha value is -5.44. The van der Waals surface area contributed by atoms with Gasteiger partial charge in [-0.1, -0.05) is 123 Å². The number of hydrogen-bond acceptors (Lipinski definition) is 2. The summed E-state index contributed by atoms with van der Waals surface area (Å²) in [4.78, 5) is 2.51. The zero-order valence-corrected chi connectivity index (χ0v) is 27.8. The first-order valence-electron chi connectivity index (χ1n) is 16.8. The standard InChI is InChI=1S/C46H33NS/c1-46(2)42-17-9-7-15-37(42)38-24-21-31(28-43(38)46)47(29-19-25-40-39-16-8-10-18-44(39)48-45(40)26-22-29)30-20-23-36-34-13-4-3-11-32(34)33-12-5-6-14-35(33)41(36)27-30/h3-18,20-28H,19H2,1-2H3. The van der Waals surface area contributed by atoms with Crippen molar-refractivity contribution in [1.29, 1.82) is 0 Å². The van der Waals surface area contributed by atoms with E-state index in [2.05, 4.69) is 170 Å². The highest BCUT2D eigenvalue weighted by atomic mass is 32.1. The van der Waals surface area contributed by atoms with E-state index in [1.165, 1.54) is 91.5 Å². The van der Waals surface area contributed by atoms with E-state index in [1.807, 2.05) is 11.3 Å². The average molecular weight is 632 g/mol. The zero-order chi connectivity index (χ0) is 32.0. The second kappa shape index (κ2) is 10.3. The lowest BCUT2D eigenvalue weighted by atomic mass is 9.82. The number of fused-ring (bicyclic) bond motifs is 12. The maximum Gasteiger partial charge on any atom is 0.0465 e. The Morgan fingerprint density at radius 2 is 1.10 bits per heavy atom. The van der Waals surface area contributed by atoms with Gasteiger partial charge in [-0.2, -0.15) is 0 Å². The number of rotatable bonds is 3. The Labute approximate surface area is 284 Å². The maximum absolute atomic E-state index is 2.51. The van der Waals surface area contributed by atoms with Gasteiger partial charge in [0.1, 0.15) is 0 Å². The summed E-state index contributed by atoms with van der Waals surface area (Å²) >= 11 is 1.88. The lowest BCUT2D eigenvalue weighted by Crippen LogP contribution is -2.19. The molecule has 0 unspecified atom stereocenters. The fraction of sp³-hybridized carbons (Fsp3) is 0.0870. The third-order valence-corrected chi connectivity index (χ3v) is 11.9. The molecule has 10 rings (SSSR count). The summed E-state index contributed by atoms with van der Waals surface area (Å²) in [5.41, 5.74) is 9.05. The summed E-state index contributed by atoms with van der Waals surface area (Å²) in [6.07, 6.45) is 7.96. The molecule has 0 bridgehead atoms. The molecule has 7 aromatic carbocycles. The van der Waals surface area contributed by atoms with Crippen molar-refractivity contribution in [2.45, 2.75) is 25.7 Å². The highest BCUT2D eigenvalue weighted by molar-refractivity contribution is 7.17. The maximum atomic E-state index is 2.51. The van der Waals surface area contributed by atoms with Crippen molar-refractivity contribution < 1.29 is 0 Å². The van der Waals surface area contributed by atoms with Gasteiger partial charge in [0.05, 0.1) is 0 Å². The van der Waals surface area contributed by atoms with Crippen molar-refractivity contribution in [2.24, 2.45) is 0 Å². The second-order valence-corrected chi connectivity index (χ2v) is 14.7. The van der Waals surface area contributed by atoms with E-state index in [0.29, 0.717) is 0 Å². The Balaban J connectivity index is 1.22. The van der Waals surface area contributed by atoms with Crippen LogP contribution in [0.3, 0.4) is 0 Å². The molecule has 0 spiro atoms. The molecule has 0 N–H and O–H groups in total. The van der Waals surface area contributed by atoms with Crippen LogP contribution in [-0.2, 0) is 5.41 Å². The minimum Gasteiger partial charge on any atom is -0.314 e. The van der Waals surface area contributed by atoms with Gasteiger partial charge in [-0.3, -0.25) is 0 Å². The molecule has 0 aliphatic heterocycles. The minimum atomic E-state index is -0.0781. The molecule has 48 heavy (non-hydrogen) atoms. The topological polar surface area (TPSA) is 3.24 Å². The molecule has 0 fully saturated rings. The molecule has 228 valence electrons. The number of thiophene rings is 1. The quantitative estimate of drug-likeness (QED) is 0.175. The fourth-order valence-corrected chi connectivity index (χ4v) is 9.49. The molecule has 2 aliphatic rings. The zero-order valence-electron chi connectivity index (χ0n) is 27.0. The Morgan fingerprint density at radius 3 is 1.88 bits per heavy atom. The van der Waals surface area contributed by atoms with E-state index < -0.39 is 0 Å². The number of nitrogens with zero attached hydrogens (tertiary/aromatic N) is 1. The van der Waals surface area contributed by atoms with Gasteiger partial charge >= 0.3 is 0 Å². The molecule has 2 aliphatic carbocycles. The van der Waals surface area contributed by atoms with E-state index in [4.69, 9.17) is 0 Å². The first-order valence-corrected chi connectivity index (χ1v) is 17.6. The normalized spacial score (nSPS) is 14.6. The van der Waals surface area contributed by atoms with Crippen molar-refractivity contribution >= 4 is 77.3 Å². The van der Waals surface area contributed by atoms with E-state index in [1.54, 1.807) is 0 Å². The number of anilines is 2. The first kappa shape index (κ1) is 27.7. The predicted octanol–water partition coefficient (Wildman–Crippen LogP) is 11.4. The smallest absolute Gasteiger partial charge is 0.0465 e. The minimum absolute atomic E-state index is 0.0781. The molecular formula is C46H33NS. The number of benzene rings is 7. The van der Waals surface area contributed by atoms with Gasteiger partial charge in [0, 0.05) is 38.1 Å². The third-order valence-electron chi connectivity index (χ3n) is 10.7. The molecule has 2 heteroatoms. The lowest BCUT2D eigenvalue weighted by Gasteiger charge is -2.30. The average Bonchev–Trinajstić information content (AvgIpc) is 3.50. The third kappa shape index (κ3) is 3.96. The summed E-state index contributed by atoms with van der Waals surface area (Å²) in [5, 5.41) is 10.5. The van der Waals surface area contributed by atoms with Gasteiger partial charge < -0.3 is 4.90 Å². The van der Waals surface area contributed by atoms with E-state index in [9.17, 15) is 0 Å². The van der Waals surface area contributed by atoms with Crippen molar-refractivity contribution in [3.8, 4) is 11.1 Å². The highest BCUT2D eigenvalue weighted by Gasteiger charge is 2.35. The fourth-order valence-electron chi connectivity index (χ4n) is 8.38. The van der Waals surface area contributed by atoms with Crippen molar-refractivity contribution in [2.75, 3.05) is 4.90 Å². The van der Waals surface area contributed by atoms with Crippen LogP contribution in [0.1, 0.15) is 31.4 Å². The van der Waals surface area contributed by atoms with Crippen LogP contribution in [0, 0.1) is 0 Å². The van der Waals surface area contributed by atoms with Gasteiger partial charge in [0.15, 0.2) is 0 Å². The first-order chi connectivity index (χ1) is 23.6. The van der Waals surface area contributed by atoms with Crippen LogP contribution >= 0.6 is 11.3 Å². The van der Waals surface area contributed by atoms with Crippen molar-refractivity contribution in [1.82, 2.24) is 0 Å². The summed E-state index contributed by atoms with van der Waals surface area (Å²) in [6.45, 7) is 4.74. The van der Waals surface area contributed by atoms with Gasteiger partial charge in [-0.25, -0.2) is 0 Å². The summed E-state index contributed by atoms with van der Waals surface area (Å²) in [6, 6.07) is 49.6. The predicted molar refractivity (Wildman–Crippen MR) is 208 cm³/mol. The molecule has 1 heterocycles. The second-order valence-electron chi connectivity index (χ2n) is 13.7. The van der Waals surface area contributed by atoms with Crippen LogP contribution in [0.15, 0.2) is 145 Å². The number of hydrogen-bond donors (Lipinski definition) is 0. The number of allylic oxidation sites excluding steroid dienone is 2. The Morgan fingerprint density at radius 1 is 0.521 bits per heavy atom. The molecule has 8 aromatic rings. The van der Waals surface area contributed by atoms with Crippen molar-refractivity contribution in [3.63, 3.8) is 0 Å². The molecule has 1 aromatic heterocycles. The van der Waals surface area contributed by atoms with Gasteiger partial charge in [0.2, 0.25) is 0 Å². The van der Waals surface area contributed by atoms with Gasteiger partial charge in [-0.15, -0.1) is 11.3 Å². The summed E-state index contributed by atoms with van der Waals surface area (Å²) in [5.74, 6) is 0. The van der Waals surface area contributed by atoms with Crippen molar-refractivity contribution in [3.05, 3.63) is 166 Å². The lowest BCUT2D eigenvalue weighted by molar-refractivity contribution is 0.660. The molecular weight excluding hydrogens is 599 g/mol. The van der Waals surface area contributed by atoms with E-state index in [-0.39, 0.29) is 5.41 Å². The van der Waals surface area contributed by atoms with Gasteiger partial charge in [0.25, 0.3) is 0 Å². The van der Waals surface area contributed by atoms with Crippen LogP contribution < -0.4 is 14.7 Å². The molecule has 1 nitrogen and oxygen atoms in total. The SMILES string of the molecule is CC1(C)c2ccccc2-c2ccc(N(C3=CC=c4sc5ccccc5c4=CC3)c3ccc4c5ccccc5c5ccccc5c4c3)cc21. The van der Waals surface area contributed by atoms with Gasteiger partial charge in [-0.05, 0) is 108 Å². The van der Waals surface area contributed by atoms with Crippen LogP contribution in [0.5, 0.6) is 0 Å². The molecule has 0 amide bonds. The largest absolute Gasteiger partial charge is 0.314 e. The highest BCUT2D eigenvalue weighted by Crippen LogP contribution is 2.50. The Kier molecular flexibility index (Phi) is 5.92. The van der Waals surface area contributed by atoms with E-state index >= 15 is 0 Å². The Bertz CT molecular complexity index is 2760. The molecule has 0 atom stereocenters. The van der Waals surface area contributed by atoms with Crippen LogP contribution in [-0.4, -0.2) is 0 Å². The molecule has 0 saturated heterocycles. The summed E-state index contributed by atoms with van der Waals surface area (Å²) < 4.78 is 2.67. The van der Waals surface area contributed by atoms with Crippen LogP contribution in [0.25, 0.3) is 65.7 Å². The van der Waals surface area contributed by atoms with E-state index in [0.717, 1.165) is 6.42 Å². The van der Waals surface area contributed by atoms with Crippen LogP contribution in [0.4, 0.5) is 11.4 Å². The van der Waals surface area contributed by atoms with Crippen LogP contribution in [0.2, 0.25) is 0 Å². The monoisotopic (exact) mass is 631 g/mol. The molecule has 0 saturated carbocycles.